The predicted octanol–water partition coefficient (Wildman–Crippen LogP) is 0.937. The maximum atomic E-state index is 12.9. The first-order valence-corrected chi connectivity index (χ1v) is 6.99. The van der Waals surface area contributed by atoms with Crippen LogP contribution in [0.1, 0.15) is 12.5 Å². The van der Waals surface area contributed by atoms with E-state index < -0.39 is 5.97 Å². The van der Waals surface area contributed by atoms with Crippen LogP contribution in [0, 0.1) is 11.7 Å². The number of hydrogen-bond donors (Lipinski definition) is 1. The quantitative estimate of drug-likeness (QED) is 0.793. The first-order valence-electron chi connectivity index (χ1n) is 6.99. The number of rotatable bonds is 6. The monoisotopic (exact) mass is 294 g/mol. The Morgan fingerprint density at radius 2 is 2.00 bits per heavy atom. The molecule has 1 amide bonds. The largest absolute Gasteiger partial charge is 0.465 e. The SMILES string of the molecule is CCOC(=O)CN(Cc1ccc(F)cc1)C(=O)C1CNC1. The van der Waals surface area contributed by atoms with E-state index >= 15 is 0 Å². The summed E-state index contributed by atoms with van der Waals surface area (Å²) in [5, 5.41) is 3.03. The molecule has 0 atom stereocenters. The van der Waals surface area contributed by atoms with Crippen molar-refractivity contribution in [2.24, 2.45) is 5.92 Å². The van der Waals surface area contributed by atoms with Crippen LogP contribution in [0.5, 0.6) is 0 Å². The molecule has 1 saturated heterocycles. The molecule has 1 fully saturated rings. The minimum Gasteiger partial charge on any atom is -0.465 e. The Kier molecular flexibility index (Phi) is 5.27. The average molecular weight is 294 g/mol. The molecular weight excluding hydrogens is 275 g/mol. The van der Waals surface area contributed by atoms with Crippen molar-refractivity contribution in [3.63, 3.8) is 0 Å². The van der Waals surface area contributed by atoms with E-state index in [1.807, 2.05) is 0 Å². The Hall–Kier alpha value is -1.95. The van der Waals surface area contributed by atoms with Crippen LogP contribution in [0.15, 0.2) is 24.3 Å². The third kappa shape index (κ3) is 4.26. The second-order valence-electron chi connectivity index (χ2n) is 4.98. The number of nitrogens with zero attached hydrogens (tertiary/aromatic N) is 1. The highest BCUT2D eigenvalue weighted by Crippen LogP contribution is 2.13. The molecule has 5 nitrogen and oxygen atoms in total. The summed E-state index contributed by atoms with van der Waals surface area (Å²) < 4.78 is 17.8. The topological polar surface area (TPSA) is 58.6 Å². The molecule has 1 N–H and O–H groups in total. The highest BCUT2D eigenvalue weighted by molar-refractivity contribution is 5.84. The molecule has 1 aromatic rings. The van der Waals surface area contributed by atoms with Crippen molar-refractivity contribution in [1.29, 1.82) is 0 Å². The lowest BCUT2D eigenvalue weighted by Crippen LogP contribution is -2.52. The molecule has 0 radical (unpaired) electrons. The molecule has 114 valence electrons. The molecule has 0 spiro atoms. The summed E-state index contributed by atoms with van der Waals surface area (Å²) in [4.78, 5) is 25.4. The molecular formula is C15H19FN2O3. The highest BCUT2D eigenvalue weighted by Gasteiger charge is 2.30. The lowest BCUT2D eigenvalue weighted by Gasteiger charge is -2.32. The molecule has 0 aromatic heterocycles. The summed E-state index contributed by atoms with van der Waals surface area (Å²) in [7, 11) is 0. The second kappa shape index (κ2) is 7.17. The number of hydrogen-bond acceptors (Lipinski definition) is 4. The maximum Gasteiger partial charge on any atom is 0.325 e. The molecule has 1 aromatic carbocycles. The molecule has 0 aliphatic carbocycles. The van der Waals surface area contributed by atoms with Gasteiger partial charge in [0.15, 0.2) is 0 Å². The van der Waals surface area contributed by atoms with Gasteiger partial charge in [-0.05, 0) is 24.6 Å². The molecule has 0 unspecified atom stereocenters. The van der Waals surface area contributed by atoms with Crippen LogP contribution in [0.25, 0.3) is 0 Å². The maximum absolute atomic E-state index is 12.9. The van der Waals surface area contributed by atoms with Crippen molar-refractivity contribution >= 4 is 11.9 Å². The number of amides is 1. The van der Waals surface area contributed by atoms with Gasteiger partial charge >= 0.3 is 5.97 Å². The van der Waals surface area contributed by atoms with Gasteiger partial charge in [-0.25, -0.2) is 4.39 Å². The summed E-state index contributed by atoms with van der Waals surface area (Å²) in [6.45, 7) is 3.44. The van der Waals surface area contributed by atoms with Crippen molar-refractivity contribution in [3.8, 4) is 0 Å². The van der Waals surface area contributed by atoms with E-state index in [0.717, 1.165) is 5.56 Å². The first-order chi connectivity index (χ1) is 10.1. The van der Waals surface area contributed by atoms with E-state index in [4.69, 9.17) is 4.74 Å². The Morgan fingerprint density at radius 3 is 2.52 bits per heavy atom. The van der Waals surface area contributed by atoms with E-state index in [1.54, 1.807) is 19.1 Å². The van der Waals surface area contributed by atoms with Gasteiger partial charge in [-0.2, -0.15) is 0 Å². The van der Waals surface area contributed by atoms with Crippen molar-refractivity contribution in [2.75, 3.05) is 26.2 Å². The summed E-state index contributed by atoms with van der Waals surface area (Å²) in [5.74, 6) is -0.934. The van der Waals surface area contributed by atoms with Gasteiger partial charge in [0.05, 0.1) is 12.5 Å². The smallest absolute Gasteiger partial charge is 0.325 e. The third-order valence-electron chi connectivity index (χ3n) is 3.35. The van der Waals surface area contributed by atoms with Gasteiger partial charge < -0.3 is 15.0 Å². The van der Waals surface area contributed by atoms with Crippen LogP contribution in [0.3, 0.4) is 0 Å². The van der Waals surface area contributed by atoms with Gasteiger partial charge in [0.25, 0.3) is 0 Å². The van der Waals surface area contributed by atoms with E-state index in [-0.39, 0.29) is 37.3 Å². The lowest BCUT2D eigenvalue weighted by molar-refractivity contribution is -0.151. The third-order valence-corrected chi connectivity index (χ3v) is 3.35. The standard InChI is InChI=1S/C15H19FN2O3/c1-2-21-14(19)10-18(15(20)12-7-17-8-12)9-11-3-5-13(16)6-4-11/h3-6,12,17H,2,7-10H2,1H3. The second-order valence-corrected chi connectivity index (χ2v) is 4.98. The van der Waals surface area contributed by atoms with Crippen molar-refractivity contribution in [2.45, 2.75) is 13.5 Å². The molecule has 1 heterocycles. The zero-order valence-electron chi connectivity index (χ0n) is 12.0. The Morgan fingerprint density at radius 1 is 1.33 bits per heavy atom. The number of benzene rings is 1. The van der Waals surface area contributed by atoms with Crippen LogP contribution in [0.4, 0.5) is 4.39 Å². The minimum atomic E-state index is -0.430. The molecule has 21 heavy (non-hydrogen) atoms. The molecule has 0 saturated carbocycles. The number of carbonyl (C=O) groups excluding carboxylic acids is 2. The Bertz CT molecular complexity index is 500. The molecule has 6 heteroatoms. The van der Waals surface area contributed by atoms with Crippen molar-refractivity contribution in [3.05, 3.63) is 35.6 Å². The van der Waals surface area contributed by atoms with Crippen molar-refractivity contribution in [1.82, 2.24) is 10.2 Å². The summed E-state index contributed by atoms with van der Waals surface area (Å²) >= 11 is 0. The van der Waals surface area contributed by atoms with Crippen LogP contribution >= 0.6 is 0 Å². The fourth-order valence-electron chi connectivity index (χ4n) is 2.11. The average Bonchev–Trinajstić information content (AvgIpc) is 2.38. The fourth-order valence-corrected chi connectivity index (χ4v) is 2.11. The first kappa shape index (κ1) is 15.4. The van der Waals surface area contributed by atoms with E-state index in [0.29, 0.717) is 13.1 Å². The van der Waals surface area contributed by atoms with Gasteiger partial charge in [0, 0.05) is 19.6 Å². The highest BCUT2D eigenvalue weighted by atomic mass is 19.1. The van der Waals surface area contributed by atoms with Gasteiger partial charge in [0.1, 0.15) is 12.4 Å². The Labute approximate surface area is 123 Å². The Balaban J connectivity index is 2.04. The lowest BCUT2D eigenvalue weighted by atomic mass is 10.0. The number of halogens is 1. The number of carbonyl (C=O) groups is 2. The van der Waals surface area contributed by atoms with E-state index in [1.165, 1.54) is 17.0 Å². The number of ether oxygens (including phenoxy) is 1. The van der Waals surface area contributed by atoms with Gasteiger partial charge in [-0.1, -0.05) is 12.1 Å². The predicted molar refractivity (Wildman–Crippen MR) is 74.8 cm³/mol. The number of esters is 1. The molecule has 1 aliphatic rings. The van der Waals surface area contributed by atoms with Crippen LogP contribution in [0.2, 0.25) is 0 Å². The molecule has 0 bridgehead atoms. The molecule has 2 rings (SSSR count). The zero-order chi connectivity index (χ0) is 15.2. The van der Waals surface area contributed by atoms with E-state index in [2.05, 4.69) is 5.32 Å². The van der Waals surface area contributed by atoms with E-state index in [9.17, 15) is 14.0 Å². The van der Waals surface area contributed by atoms with Crippen LogP contribution in [-0.4, -0.2) is 43.0 Å². The minimum absolute atomic E-state index is 0.0777. The van der Waals surface area contributed by atoms with Crippen molar-refractivity contribution < 1.29 is 18.7 Å². The zero-order valence-corrected chi connectivity index (χ0v) is 12.0. The number of nitrogens with one attached hydrogen (secondary N) is 1. The molecule has 1 aliphatic heterocycles. The summed E-state index contributed by atoms with van der Waals surface area (Å²) in [6.07, 6.45) is 0. The van der Waals surface area contributed by atoms with Crippen LogP contribution in [-0.2, 0) is 20.9 Å². The summed E-state index contributed by atoms with van der Waals surface area (Å²) in [6, 6.07) is 5.90. The van der Waals surface area contributed by atoms with Crippen LogP contribution < -0.4 is 5.32 Å². The normalized spacial score (nSPS) is 14.4. The van der Waals surface area contributed by atoms with Gasteiger partial charge in [-0.3, -0.25) is 9.59 Å². The summed E-state index contributed by atoms with van der Waals surface area (Å²) in [5.41, 5.74) is 0.779. The van der Waals surface area contributed by atoms with Gasteiger partial charge in [0.2, 0.25) is 5.91 Å². The van der Waals surface area contributed by atoms with Gasteiger partial charge in [-0.15, -0.1) is 0 Å². The fraction of sp³-hybridized carbons (Fsp3) is 0.467.